The molecule has 43 heavy (non-hydrogen) atoms. The fourth-order valence-electron chi connectivity index (χ4n) is 5.01. The van der Waals surface area contributed by atoms with Crippen LogP contribution < -0.4 is 0 Å². The zero-order valence-corrected chi connectivity index (χ0v) is 25.6. The van der Waals surface area contributed by atoms with Crippen LogP contribution in [0.2, 0.25) is 0 Å². The molecule has 232 valence electrons. The van der Waals surface area contributed by atoms with Crippen molar-refractivity contribution in [1.29, 1.82) is 0 Å². The van der Waals surface area contributed by atoms with Gasteiger partial charge in [0, 0.05) is 19.4 Å². The van der Waals surface area contributed by atoms with E-state index in [1.807, 2.05) is 91.0 Å². The Labute approximate surface area is 260 Å². The number of alkyl halides is 1. The molecule has 8 heteroatoms. The fraction of sp³-hybridized carbons (Fsp3) is 0.457. The average Bonchev–Trinajstić information content (AvgIpc) is 3.03. The molecule has 5 atom stereocenters. The summed E-state index contributed by atoms with van der Waals surface area (Å²) in [7, 11) is 0. The summed E-state index contributed by atoms with van der Waals surface area (Å²) < 4.78 is 37.8. The summed E-state index contributed by atoms with van der Waals surface area (Å²) in [5.74, 6) is 0.203. The van der Waals surface area contributed by atoms with Gasteiger partial charge in [0.15, 0.2) is 12.4 Å². The van der Waals surface area contributed by atoms with Crippen molar-refractivity contribution in [2.45, 2.75) is 83.1 Å². The Morgan fingerprint density at radius 3 is 1.77 bits per heavy atom. The highest BCUT2D eigenvalue weighted by Crippen LogP contribution is 2.31. The molecule has 0 unspecified atom stereocenters. The van der Waals surface area contributed by atoms with Gasteiger partial charge in [-0.1, -0.05) is 104 Å². The minimum Gasteiger partial charge on any atom is -0.454 e. The van der Waals surface area contributed by atoms with Crippen LogP contribution in [0.5, 0.6) is 0 Å². The summed E-state index contributed by atoms with van der Waals surface area (Å²) in [6.45, 7) is 3.12. The minimum atomic E-state index is -0.848. The maximum Gasteiger partial charge on any atom is 0.303 e. The molecule has 0 spiro atoms. The van der Waals surface area contributed by atoms with Crippen molar-refractivity contribution in [2.75, 3.05) is 19.1 Å². The molecule has 0 aliphatic carbocycles. The van der Waals surface area contributed by atoms with Gasteiger partial charge in [-0.2, -0.15) is 0 Å². The van der Waals surface area contributed by atoms with Gasteiger partial charge in [-0.25, -0.2) is 0 Å². The van der Waals surface area contributed by atoms with E-state index in [9.17, 15) is 4.79 Å². The van der Waals surface area contributed by atoms with Gasteiger partial charge in [0.05, 0.1) is 26.4 Å². The van der Waals surface area contributed by atoms with Gasteiger partial charge in [-0.05, 0) is 29.5 Å². The lowest BCUT2D eigenvalue weighted by molar-refractivity contribution is -0.321. The first-order valence-electron chi connectivity index (χ1n) is 15.1. The topological polar surface area (TPSA) is 72.5 Å². The normalized spacial score (nSPS) is 21.9. The summed E-state index contributed by atoms with van der Waals surface area (Å²) in [4.78, 5) is 12.4. The third-order valence-corrected chi connectivity index (χ3v) is 7.43. The maximum absolute atomic E-state index is 12.4. The van der Waals surface area contributed by atoms with Gasteiger partial charge in [0.1, 0.15) is 18.3 Å². The molecule has 1 aliphatic heterocycles. The van der Waals surface area contributed by atoms with E-state index in [2.05, 4.69) is 0 Å². The van der Waals surface area contributed by atoms with E-state index in [1.54, 1.807) is 0 Å². The van der Waals surface area contributed by atoms with Crippen LogP contribution in [-0.2, 0) is 53.0 Å². The van der Waals surface area contributed by atoms with Crippen molar-refractivity contribution in [2.24, 2.45) is 0 Å². The number of carbonyl (C=O) groups is 1. The molecular weight excluding hydrogens is 568 g/mol. The smallest absolute Gasteiger partial charge is 0.303 e. The minimum absolute atomic E-state index is 0.238. The molecule has 1 aliphatic rings. The summed E-state index contributed by atoms with van der Waals surface area (Å²) >= 11 is 5.83. The molecule has 1 heterocycles. The summed E-state index contributed by atoms with van der Waals surface area (Å²) in [6.07, 6.45) is 0.311. The Morgan fingerprint density at radius 2 is 1.21 bits per heavy atom. The lowest BCUT2D eigenvalue weighted by Crippen LogP contribution is -2.62. The molecule has 1 fully saturated rings. The second-order valence-corrected chi connectivity index (χ2v) is 11.0. The van der Waals surface area contributed by atoms with Crippen LogP contribution in [0.3, 0.4) is 0 Å². The molecule has 1 saturated heterocycles. The van der Waals surface area contributed by atoms with Crippen LogP contribution in [0.25, 0.3) is 0 Å². The predicted octanol–water partition coefficient (Wildman–Crippen LogP) is 6.85. The Morgan fingerprint density at radius 1 is 0.674 bits per heavy atom. The Balaban J connectivity index is 1.56. The monoisotopic (exact) mass is 610 g/mol. The van der Waals surface area contributed by atoms with Gasteiger partial charge in [-0.3, -0.25) is 4.79 Å². The highest BCUT2D eigenvalue weighted by atomic mass is 35.5. The summed E-state index contributed by atoms with van der Waals surface area (Å²) in [5.41, 5.74) is 3.05. The average molecular weight is 611 g/mol. The standard InChI is InChI=1S/C35H43ClO7/c1-27(37)42-34-33(41-25-30-19-11-6-12-20-30)32(40-24-29-17-9-5-10-18-29)31(26-38-23-28-15-7-4-8-16-28)43-35(34)39-22-14-3-2-13-21-36/h4-12,15-20,31-35H,2-3,13-14,21-26H2,1H3/t31-,32-,33+,34-,35-/m1/s1. The second kappa shape index (κ2) is 18.8. The van der Waals surface area contributed by atoms with E-state index in [0.29, 0.717) is 32.3 Å². The number of benzene rings is 3. The van der Waals surface area contributed by atoms with Crippen molar-refractivity contribution >= 4 is 17.6 Å². The second-order valence-electron chi connectivity index (χ2n) is 10.6. The largest absolute Gasteiger partial charge is 0.454 e. The highest BCUT2D eigenvalue weighted by Gasteiger charge is 2.50. The third kappa shape index (κ3) is 11.3. The molecule has 0 saturated carbocycles. The molecule has 0 amide bonds. The number of hydrogen-bond donors (Lipinski definition) is 0. The van der Waals surface area contributed by atoms with Crippen molar-refractivity contribution < 1.29 is 33.2 Å². The van der Waals surface area contributed by atoms with Gasteiger partial charge < -0.3 is 28.4 Å². The van der Waals surface area contributed by atoms with E-state index in [0.717, 1.165) is 42.4 Å². The van der Waals surface area contributed by atoms with E-state index < -0.39 is 36.7 Å². The van der Waals surface area contributed by atoms with E-state index in [4.69, 9.17) is 40.0 Å². The number of carbonyl (C=O) groups excluding carboxylic acids is 1. The maximum atomic E-state index is 12.4. The lowest BCUT2D eigenvalue weighted by Gasteiger charge is -2.45. The third-order valence-electron chi connectivity index (χ3n) is 7.17. The summed E-state index contributed by atoms with van der Waals surface area (Å²) in [6, 6.07) is 29.8. The van der Waals surface area contributed by atoms with Crippen LogP contribution >= 0.6 is 11.6 Å². The molecule has 0 N–H and O–H groups in total. The molecule has 3 aromatic carbocycles. The van der Waals surface area contributed by atoms with E-state index in [1.165, 1.54) is 6.92 Å². The van der Waals surface area contributed by atoms with Gasteiger partial charge in [0.2, 0.25) is 0 Å². The predicted molar refractivity (Wildman–Crippen MR) is 165 cm³/mol. The Kier molecular flexibility index (Phi) is 14.5. The lowest BCUT2D eigenvalue weighted by atomic mass is 9.97. The number of unbranched alkanes of at least 4 members (excludes halogenated alkanes) is 3. The van der Waals surface area contributed by atoms with Crippen molar-refractivity contribution in [1.82, 2.24) is 0 Å². The molecule has 4 rings (SSSR count). The molecule has 0 radical (unpaired) electrons. The van der Waals surface area contributed by atoms with Crippen LogP contribution in [0.1, 0.15) is 49.3 Å². The SMILES string of the molecule is CC(=O)O[C@H]1[C@H](OCCCCCCCl)O[C@H](COCc2ccccc2)[C@@H](OCc2ccccc2)[C@@H]1OCc1ccccc1. The van der Waals surface area contributed by atoms with E-state index >= 15 is 0 Å². The molecule has 0 bridgehead atoms. The quantitative estimate of drug-likeness (QED) is 0.0886. The Bertz CT molecular complexity index is 1160. The van der Waals surface area contributed by atoms with Gasteiger partial charge >= 0.3 is 5.97 Å². The van der Waals surface area contributed by atoms with Crippen molar-refractivity contribution in [3.63, 3.8) is 0 Å². The molecule has 7 nitrogen and oxygen atoms in total. The van der Waals surface area contributed by atoms with Crippen LogP contribution in [0, 0.1) is 0 Å². The number of hydrogen-bond acceptors (Lipinski definition) is 7. The first kappa shape index (κ1) is 33.1. The Hall–Kier alpha value is -2.78. The number of ether oxygens (including phenoxy) is 6. The van der Waals surface area contributed by atoms with Crippen molar-refractivity contribution in [3.8, 4) is 0 Å². The van der Waals surface area contributed by atoms with Gasteiger partial charge in [0.25, 0.3) is 0 Å². The number of esters is 1. The highest BCUT2D eigenvalue weighted by molar-refractivity contribution is 6.17. The molecular formula is C35H43ClO7. The fourth-order valence-corrected chi connectivity index (χ4v) is 5.19. The zero-order valence-electron chi connectivity index (χ0n) is 24.9. The van der Waals surface area contributed by atoms with E-state index in [-0.39, 0.29) is 6.61 Å². The van der Waals surface area contributed by atoms with Crippen LogP contribution in [-0.4, -0.2) is 55.8 Å². The number of halogens is 1. The van der Waals surface area contributed by atoms with Crippen LogP contribution in [0.4, 0.5) is 0 Å². The molecule has 3 aromatic rings. The first-order chi connectivity index (χ1) is 21.1. The molecule has 0 aromatic heterocycles. The first-order valence-corrected chi connectivity index (χ1v) is 15.6. The van der Waals surface area contributed by atoms with Crippen LogP contribution in [0.15, 0.2) is 91.0 Å². The zero-order chi connectivity index (χ0) is 30.1. The van der Waals surface area contributed by atoms with Gasteiger partial charge in [-0.15, -0.1) is 11.6 Å². The van der Waals surface area contributed by atoms with Crippen molar-refractivity contribution in [3.05, 3.63) is 108 Å². The number of rotatable bonds is 18. The summed E-state index contributed by atoms with van der Waals surface area (Å²) in [5, 5.41) is 0.